The lowest BCUT2D eigenvalue weighted by Gasteiger charge is -2.27. The van der Waals surface area contributed by atoms with E-state index >= 15 is 0 Å². The molecule has 1 aliphatic rings. The molecule has 1 fully saturated rings. The average molecular weight is 439 g/mol. The number of ether oxygens (including phenoxy) is 1. The Morgan fingerprint density at radius 1 is 1.06 bits per heavy atom. The summed E-state index contributed by atoms with van der Waals surface area (Å²) in [4.78, 5) is 28.9. The van der Waals surface area contributed by atoms with E-state index in [4.69, 9.17) is 4.74 Å². The SMILES string of the molecule is Cc1ccc(C(=O)Nc2sc(-c3ccccc3)c(C)c2C(=O)N2CCOCC2)cc1F. The summed E-state index contributed by atoms with van der Waals surface area (Å²) in [6.45, 7) is 5.53. The fourth-order valence-corrected chi connectivity index (χ4v) is 4.76. The van der Waals surface area contributed by atoms with Crippen molar-refractivity contribution >= 4 is 28.2 Å². The number of nitrogens with one attached hydrogen (secondary N) is 1. The second-order valence-corrected chi connectivity index (χ2v) is 8.47. The third-order valence-corrected chi connectivity index (χ3v) is 6.61. The van der Waals surface area contributed by atoms with E-state index in [1.807, 2.05) is 37.3 Å². The third-order valence-electron chi connectivity index (χ3n) is 5.36. The van der Waals surface area contributed by atoms with E-state index in [1.165, 1.54) is 17.4 Å². The number of anilines is 1. The maximum Gasteiger partial charge on any atom is 0.257 e. The maximum atomic E-state index is 14.0. The van der Waals surface area contributed by atoms with E-state index in [0.29, 0.717) is 42.4 Å². The highest BCUT2D eigenvalue weighted by atomic mass is 32.1. The van der Waals surface area contributed by atoms with Crippen molar-refractivity contribution < 1.29 is 18.7 Å². The van der Waals surface area contributed by atoms with Crippen LogP contribution in [0.2, 0.25) is 0 Å². The van der Waals surface area contributed by atoms with Gasteiger partial charge in [-0.05, 0) is 42.7 Å². The highest BCUT2D eigenvalue weighted by Crippen LogP contribution is 2.40. The van der Waals surface area contributed by atoms with Gasteiger partial charge < -0.3 is 15.0 Å². The first-order chi connectivity index (χ1) is 15.0. The van der Waals surface area contributed by atoms with Crippen LogP contribution in [0.15, 0.2) is 48.5 Å². The van der Waals surface area contributed by atoms with Crippen molar-refractivity contribution in [3.63, 3.8) is 0 Å². The van der Waals surface area contributed by atoms with Crippen molar-refractivity contribution in [1.29, 1.82) is 0 Å². The van der Waals surface area contributed by atoms with Crippen LogP contribution in [0.4, 0.5) is 9.39 Å². The van der Waals surface area contributed by atoms with Gasteiger partial charge in [-0.15, -0.1) is 11.3 Å². The number of carbonyl (C=O) groups excluding carboxylic acids is 2. The molecule has 1 aliphatic heterocycles. The molecule has 1 N–H and O–H groups in total. The highest BCUT2D eigenvalue weighted by Gasteiger charge is 2.28. The van der Waals surface area contributed by atoms with Crippen molar-refractivity contribution in [2.45, 2.75) is 13.8 Å². The summed E-state index contributed by atoms with van der Waals surface area (Å²) in [7, 11) is 0. The maximum absolute atomic E-state index is 14.0. The van der Waals surface area contributed by atoms with Crippen LogP contribution in [0, 0.1) is 19.7 Å². The molecule has 31 heavy (non-hydrogen) atoms. The van der Waals surface area contributed by atoms with E-state index in [-0.39, 0.29) is 11.5 Å². The van der Waals surface area contributed by atoms with Gasteiger partial charge in [0, 0.05) is 23.5 Å². The zero-order chi connectivity index (χ0) is 22.0. The van der Waals surface area contributed by atoms with Crippen LogP contribution in [0.3, 0.4) is 0 Å². The molecular formula is C24H23FN2O3S. The Morgan fingerprint density at radius 3 is 2.45 bits per heavy atom. The van der Waals surface area contributed by atoms with Gasteiger partial charge in [0.25, 0.3) is 11.8 Å². The highest BCUT2D eigenvalue weighted by molar-refractivity contribution is 7.20. The summed E-state index contributed by atoms with van der Waals surface area (Å²) >= 11 is 1.36. The van der Waals surface area contributed by atoms with Crippen LogP contribution < -0.4 is 5.32 Å². The van der Waals surface area contributed by atoms with Crippen LogP contribution >= 0.6 is 11.3 Å². The molecule has 0 saturated carbocycles. The molecule has 1 aromatic heterocycles. The number of hydrogen-bond acceptors (Lipinski definition) is 4. The Hall–Kier alpha value is -3.03. The minimum Gasteiger partial charge on any atom is -0.378 e. The molecule has 2 aromatic carbocycles. The smallest absolute Gasteiger partial charge is 0.257 e. The first kappa shape index (κ1) is 21.2. The van der Waals surface area contributed by atoms with Gasteiger partial charge in [0.15, 0.2) is 0 Å². The van der Waals surface area contributed by atoms with Gasteiger partial charge >= 0.3 is 0 Å². The molecule has 0 bridgehead atoms. The molecule has 160 valence electrons. The first-order valence-electron chi connectivity index (χ1n) is 10.1. The largest absolute Gasteiger partial charge is 0.378 e. The summed E-state index contributed by atoms with van der Waals surface area (Å²) < 4.78 is 19.3. The van der Waals surface area contributed by atoms with Gasteiger partial charge in [-0.3, -0.25) is 9.59 Å². The predicted octanol–water partition coefficient (Wildman–Crippen LogP) is 4.90. The summed E-state index contributed by atoms with van der Waals surface area (Å²) in [5, 5.41) is 3.33. The zero-order valence-corrected chi connectivity index (χ0v) is 18.2. The average Bonchev–Trinajstić information content (AvgIpc) is 3.11. The lowest BCUT2D eigenvalue weighted by Crippen LogP contribution is -2.41. The number of morpholine rings is 1. The molecule has 0 spiro atoms. The van der Waals surface area contributed by atoms with Gasteiger partial charge in [0.2, 0.25) is 0 Å². The first-order valence-corrected chi connectivity index (χ1v) is 10.9. The second kappa shape index (κ2) is 8.99. The molecule has 0 atom stereocenters. The molecule has 5 nitrogen and oxygen atoms in total. The van der Waals surface area contributed by atoms with Crippen LogP contribution in [0.5, 0.6) is 0 Å². The molecule has 2 heterocycles. The summed E-state index contributed by atoms with van der Waals surface area (Å²) in [6, 6.07) is 14.1. The van der Waals surface area contributed by atoms with Crippen LogP contribution in [-0.4, -0.2) is 43.0 Å². The van der Waals surface area contributed by atoms with Gasteiger partial charge in [-0.2, -0.15) is 0 Å². The van der Waals surface area contributed by atoms with Crippen LogP contribution in [-0.2, 0) is 4.74 Å². The molecule has 7 heteroatoms. The van der Waals surface area contributed by atoms with Crippen LogP contribution in [0.1, 0.15) is 31.8 Å². The number of aryl methyl sites for hydroxylation is 1. The number of hydrogen-bond donors (Lipinski definition) is 1. The number of benzene rings is 2. The lowest BCUT2D eigenvalue weighted by molar-refractivity contribution is 0.0303. The molecule has 3 aromatic rings. The number of halogens is 1. The van der Waals surface area contributed by atoms with E-state index < -0.39 is 11.7 Å². The summed E-state index contributed by atoms with van der Waals surface area (Å²) in [5.41, 5.74) is 2.95. The molecule has 4 rings (SSSR count). The van der Waals surface area contributed by atoms with Gasteiger partial charge in [-0.25, -0.2) is 4.39 Å². The van der Waals surface area contributed by atoms with Gasteiger partial charge in [0.1, 0.15) is 10.8 Å². The Labute approximate surface area is 184 Å². The van der Waals surface area contributed by atoms with E-state index in [9.17, 15) is 14.0 Å². The lowest BCUT2D eigenvalue weighted by atomic mass is 10.1. The predicted molar refractivity (Wildman–Crippen MR) is 120 cm³/mol. The number of amides is 2. The van der Waals surface area contributed by atoms with Crippen molar-refractivity contribution in [1.82, 2.24) is 4.90 Å². The van der Waals surface area contributed by atoms with Crippen molar-refractivity contribution in [2.24, 2.45) is 0 Å². The Balaban J connectivity index is 1.73. The number of thiophene rings is 1. The summed E-state index contributed by atoms with van der Waals surface area (Å²) in [6.07, 6.45) is 0. The minimum atomic E-state index is -0.448. The van der Waals surface area contributed by atoms with E-state index in [1.54, 1.807) is 24.0 Å². The normalized spacial score (nSPS) is 13.8. The van der Waals surface area contributed by atoms with Gasteiger partial charge in [0.05, 0.1) is 18.8 Å². The molecule has 0 radical (unpaired) electrons. The molecule has 2 amide bonds. The third kappa shape index (κ3) is 4.38. The van der Waals surface area contributed by atoms with E-state index in [0.717, 1.165) is 16.0 Å². The van der Waals surface area contributed by atoms with Crippen molar-refractivity contribution in [2.75, 3.05) is 31.6 Å². The zero-order valence-electron chi connectivity index (χ0n) is 17.4. The minimum absolute atomic E-state index is 0.135. The molecule has 0 aliphatic carbocycles. The Morgan fingerprint density at radius 2 is 1.77 bits per heavy atom. The molecule has 0 unspecified atom stereocenters. The van der Waals surface area contributed by atoms with Gasteiger partial charge in [-0.1, -0.05) is 36.4 Å². The topological polar surface area (TPSA) is 58.6 Å². The Kier molecular flexibility index (Phi) is 6.15. The Bertz CT molecular complexity index is 1120. The summed E-state index contributed by atoms with van der Waals surface area (Å²) in [5.74, 6) is -1.02. The van der Waals surface area contributed by atoms with E-state index in [2.05, 4.69) is 5.32 Å². The fourth-order valence-electron chi connectivity index (χ4n) is 3.56. The number of rotatable bonds is 4. The van der Waals surface area contributed by atoms with Crippen molar-refractivity contribution in [3.05, 3.63) is 76.6 Å². The second-order valence-electron chi connectivity index (χ2n) is 7.45. The number of carbonyl (C=O) groups is 2. The molecular weight excluding hydrogens is 415 g/mol. The molecule has 1 saturated heterocycles. The quantitative estimate of drug-likeness (QED) is 0.631. The monoisotopic (exact) mass is 438 g/mol. The standard InChI is InChI=1S/C24H23FN2O3S/c1-15-8-9-18(14-19(15)25)22(28)26-23-20(24(29)27-10-12-30-13-11-27)16(2)21(31-23)17-6-4-3-5-7-17/h3-9,14H,10-13H2,1-2H3,(H,26,28). The van der Waals surface area contributed by atoms with Crippen LogP contribution in [0.25, 0.3) is 10.4 Å². The number of nitrogens with zero attached hydrogens (tertiary/aromatic N) is 1. The van der Waals surface area contributed by atoms with Crippen molar-refractivity contribution in [3.8, 4) is 10.4 Å². The fraction of sp³-hybridized carbons (Fsp3) is 0.250.